The van der Waals surface area contributed by atoms with Crippen LogP contribution in [0.25, 0.3) is 11.3 Å². The van der Waals surface area contributed by atoms with Gasteiger partial charge in [-0.15, -0.1) is 6.42 Å². The van der Waals surface area contributed by atoms with Gasteiger partial charge in [0.25, 0.3) is 11.8 Å². The first-order valence-electron chi connectivity index (χ1n) is 10.4. The minimum Gasteiger partial charge on any atom is -0.337 e. The summed E-state index contributed by atoms with van der Waals surface area (Å²) in [6, 6.07) is 9.86. The fourth-order valence-electron chi connectivity index (χ4n) is 3.96. The van der Waals surface area contributed by atoms with Crippen LogP contribution < -0.4 is 11.2 Å². The number of imidazole rings is 1. The number of anilines is 1. The number of aryl methyl sites for hydroxylation is 1. The van der Waals surface area contributed by atoms with Gasteiger partial charge in [0.2, 0.25) is 0 Å². The number of nitrogen functional groups attached to an aromatic ring is 1. The molecule has 1 saturated heterocycles. The molecule has 9 nitrogen and oxygen atoms in total. The van der Waals surface area contributed by atoms with Gasteiger partial charge in [-0.05, 0) is 55.5 Å². The Morgan fingerprint density at radius 1 is 1.27 bits per heavy atom. The highest BCUT2D eigenvalue weighted by Crippen LogP contribution is 2.33. The Balaban J connectivity index is 1.61. The third kappa shape index (κ3) is 4.19. The second-order valence-corrected chi connectivity index (χ2v) is 7.74. The number of benzene rings is 1. The Morgan fingerprint density at radius 3 is 2.70 bits per heavy atom. The van der Waals surface area contributed by atoms with Gasteiger partial charge in [-0.25, -0.2) is 14.6 Å². The number of nitrogens with two attached hydrogens (primary N) is 1. The minimum atomic E-state index is -0.437. The molecular weight excluding hydrogens is 420 g/mol. The largest absolute Gasteiger partial charge is 0.337 e. The van der Waals surface area contributed by atoms with Crippen LogP contribution in [0.2, 0.25) is 0 Å². The van der Waals surface area contributed by atoms with E-state index in [0.717, 1.165) is 12.0 Å². The molecule has 1 aromatic carbocycles. The van der Waals surface area contributed by atoms with E-state index in [9.17, 15) is 14.4 Å². The van der Waals surface area contributed by atoms with Crippen LogP contribution in [0.5, 0.6) is 0 Å². The molecule has 3 N–H and O–H groups in total. The zero-order valence-electron chi connectivity index (χ0n) is 18.0. The number of aromatic nitrogens is 3. The van der Waals surface area contributed by atoms with Crippen molar-refractivity contribution in [3.8, 4) is 23.6 Å². The van der Waals surface area contributed by atoms with Crippen molar-refractivity contribution in [2.24, 2.45) is 0 Å². The molecule has 3 aromatic rings. The first-order valence-corrected chi connectivity index (χ1v) is 10.4. The number of pyridine rings is 1. The summed E-state index contributed by atoms with van der Waals surface area (Å²) in [7, 11) is 0. The number of nitrogens with one attached hydrogen (secondary N) is 1. The predicted molar refractivity (Wildman–Crippen MR) is 123 cm³/mol. The van der Waals surface area contributed by atoms with Gasteiger partial charge in [0.15, 0.2) is 12.1 Å². The molecule has 2 amide bonds. The summed E-state index contributed by atoms with van der Waals surface area (Å²) in [4.78, 5) is 46.7. The second kappa shape index (κ2) is 8.96. The molecule has 0 radical (unpaired) electrons. The van der Waals surface area contributed by atoms with E-state index in [1.165, 1.54) is 9.58 Å². The van der Waals surface area contributed by atoms with E-state index in [-0.39, 0.29) is 11.6 Å². The maximum absolute atomic E-state index is 12.6. The molecule has 0 bridgehead atoms. The molecule has 1 fully saturated rings. The van der Waals surface area contributed by atoms with Gasteiger partial charge in [0.05, 0.1) is 6.04 Å². The molecule has 1 aliphatic rings. The summed E-state index contributed by atoms with van der Waals surface area (Å²) in [6.45, 7) is 2.42. The summed E-state index contributed by atoms with van der Waals surface area (Å²) in [5.41, 5.74) is 2.56. The van der Waals surface area contributed by atoms with Gasteiger partial charge < -0.3 is 16.1 Å². The molecule has 0 aliphatic carbocycles. The lowest BCUT2D eigenvalue weighted by atomic mass is 10.1. The fourth-order valence-corrected chi connectivity index (χ4v) is 3.96. The highest BCUT2D eigenvalue weighted by molar-refractivity contribution is 6.04. The lowest BCUT2D eigenvalue weighted by molar-refractivity contribution is -0.126. The Bertz CT molecular complexity index is 1270. The molecular formula is C24H22N6O3. The predicted octanol–water partition coefficient (Wildman–Crippen LogP) is 2.33. The van der Waals surface area contributed by atoms with Crippen molar-refractivity contribution < 1.29 is 14.4 Å². The molecule has 1 atom stereocenters. The molecule has 2 aromatic heterocycles. The van der Waals surface area contributed by atoms with E-state index in [1.54, 1.807) is 36.5 Å². The van der Waals surface area contributed by atoms with Gasteiger partial charge in [-0.3, -0.25) is 14.4 Å². The van der Waals surface area contributed by atoms with E-state index in [0.29, 0.717) is 47.7 Å². The van der Waals surface area contributed by atoms with Crippen LogP contribution in [0, 0.1) is 19.3 Å². The fraction of sp³-hybridized carbons (Fsp3) is 0.208. The van der Waals surface area contributed by atoms with Crippen molar-refractivity contribution >= 4 is 23.9 Å². The van der Waals surface area contributed by atoms with Crippen molar-refractivity contribution in [3.05, 3.63) is 65.2 Å². The molecule has 0 spiro atoms. The molecule has 33 heavy (non-hydrogen) atoms. The van der Waals surface area contributed by atoms with E-state index in [1.807, 2.05) is 13.0 Å². The summed E-state index contributed by atoms with van der Waals surface area (Å²) >= 11 is 0. The monoisotopic (exact) mass is 442 g/mol. The van der Waals surface area contributed by atoms with Crippen molar-refractivity contribution in [1.29, 1.82) is 0 Å². The number of hydrogen-bond acceptors (Lipinski definition) is 6. The SMILES string of the molecule is C#CC(=O)N1CCCC1c1nc(-c2ccc(C(=O)Nc3cc(C)ccn3)cc2)c(C=O)n1N. The quantitative estimate of drug-likeness (QED) is 0.355. The van der Waals surface area contributed by atoms with Gasteiger partial charge in [-0.2, -0.15) is 0 Å². The van der Waals surface area contributed by atoms with Gasteiger partial charge in [-0.1, -0.05) is 12.1 Å². The number of terminal acetylenes is 1. The first-order chi connectivity index (χ1) is 15.9. The van der Waals surface area contributed by atoms with Gasteiger partial charge in [0, 0.05) is 23.9 Å². The Kier molecular flexibility index (Phi) is 5.91. The molecule has 1 unspecified atom stereocenters. The summed E-state index contributed by atoms with van der Waals surface area (Å²) in [5.74, 6) is 8.40. The van der Waals surface area contributed by atoms with Gasteiger partial charge in [0.1, 0.15) is 17.2 Å². The molecule has 0 saturated carbocycles. The normalized spacial score (nSPS) is 15.2. The molecule has 1 aliphatic heterocycles. The summed E-state index contributed by atoms with van der Waals surface area (Å²) in [6.07, 6.45) is 8.94. The molecule has 9 heteroatoms. The lowest BCUT2D eigenvalue weighted by Crippen LogP contribution is -2.32. The number of rotatable bonds is 5. The minimum absolute atomic E-state index is 0.172. The highest BCUT2D eigenvalue weighted by Gasteiger charge is 2.34. The number of amides is 2. The maximum atomic E-state index is 12.6. The van der Waals surface area contributed by atoms with Crippen LogP contribution in [-0.2, 0) is 4.79 Å². The van der Waals surface area contributed by atoms with Crippen molar-refractivity contribution in [3.63, 3.8) is 0 Å². The topological polar surface area (TPSA) is 123 Å². The lowest BCUT2D eigenvalue weighted by Gasteiger charge is -2.21. The molecule has 3 heterocycles. The zero-order valence-corrected chi connectivity index (χ0v) is 18.0. The second-order valence-electron chi connectivity index (χ2n) is 7.74. The standard InChI is InChI=1S/C24H22N6O3/c1-3-21(32)29-12-4-5-18(29)23-28-22(19(14-31)30(23)25)16-6-8-17(9-7-16)24(33)27-20-13-15(2)10-11-26-20/h1,6-11,13-14,18H,4-5,12,25H2,2H3,(H,26,27,33). The Labute approximate surface area is 190 Å². The van der Waals surface area contributed by atoms with Crippen molar-refractivity contribution in [1.82, 2.24) is 19.5 Å². The van der Waals surface area contributed by atoms with E-state index in [4.69, 9.17) is 12.3 Å². The highest BCUT2D eigenvalue weighted by atomic mass is 16.2. The molecule has 166 valence electrons. The van der Waals surface area contributed by atoms with E-state index < -0.39 is 11.9 Å². The number of hydrogen-bond donors (Lipinski definition) is 2. The van der Waals surface area contributed by atoms with Crippen LogP contribution in [0.4, 0.5) is 5.82 Å². The van der Waals surface area contributed by atoms with Crippen LogP contribution in [0.3, 0.4) is 0 Å². The van der Waals surface area contributed by atoms with Crippen LogP contribution in [-0.4, -0.2) is 44.2 Å². The van der Waals surface area contributed by atoms with Crippen molar-refractivity contribution in [2.75, 3.05) is 17.7 Å². The molecule has 4 rings (SSSR count). The van der Waals surface area contributed by atoms with Gasteiger partial charge >= 0.3 is 0 Å². The Hall–Kier alpha value is -4.45. The smallest absolute Gasteiger partial charge is 0.298 e. The number of carbonyl (C=O) groups is 3. The number of nitrogens with zero attached hydrogens (tertiary/aromatic N) is 4. The van der Waals surface area contributed by atoms with Crippen LogP contribution >= 0.6 is 0 Å². The third-order valence-corrected chi connectivity index (χ3v) is 5.60. The van der Waals surface area contributed by atoms with Crippen molar-refractivity contribution in [2.45, 2.75) is 25.8 Å². The number of likely N-dealkylation sites (tertiary alicyclic amines) is 1. The number of aldehydes is 1. The summed E-state index contributed by atoms with van der Waals surface area (Å²) in [5, 5.41) is 2.75. The van der Waals surface area contributed by atoms with E-state index in [2.05, 4.69) is 21.2 Å². The first kappa shape index (κ1) is 21.8. The van der Waals surface area contributed by atoms with E-state index >= 15 is 0 Å². The Morgan fingerprint density at radius 2 is 2.03 bits per heavy atom. The summed E-state index contributed by atoms with van der Waals surface area (Å²) < 4.78 is 1.21. The maximum Gasteiger partial charge on any atom is 0.298 e. The third-order valence-electron chi connectivity index (χ3n) is 5.60. The van der Waals surface area contributed by atoms with Crippen LogP contribution in [0.15, 0.2) is 42.6 Å². The zero-order chi connectivity index (χ0) is 23.5. The average Bonchev–Trinajstić information content (AvgIpc) is 3.42. The number of carbonyl (C=O) groups excluding carboxylic acids is 3. The average molecular weight is 442 g/mol. The van der Waals surface area contributed by atoms with Crippen LogP contribution in [0.1, 0.15) is 51.1 Å².